The third kappa shape index (κ3) is 5.16. The van der Waals surface area contributed by atoms with Gasteiger partial charge in [0.25, 0.3) is 5.91 Å². The van der Waals surface area contributed by atoms with Gasteiger partial charge in [0.05, 0.1) is 6.04 Å². The van der Waals surface area contributed by atoms with Crippen LogP contribution in [0, 0.1) is 0 Å². The molecule has 0 aliphatic carbocycles. The average molecular weight is 408 g/mol. The smallest absolute Gasteiger partial charge is 0.325 e. The Labute approximate surface area is 171 Å². The van der Waals surface area contributed by atoms with Crippen LogP contribution in [-0.2, 0) is 4.79 Å². The molecule has 1 saturated heterocycles. The topological polar surface area (TPSA) is 85.8 Å². The predicted octanol–water partition coefficient (Wildman–Crippen LogP) is 3.07. The highest BCUT2D eigenvalue weighted by Crippen LogP contribution is 2.22. The quantitative estimate of drug-likeness (QED) is 0.267. The predicted molar refractivity (Wildman–Crippen MR) is 113 cm³/mol. The fourth-order valence-electron chi connectivity index (χ4n) is 3.04. The van der Waals surface area contributed by atoms with E-state index in [1.54, 1.807) is 6.92 Å². The van der Waals surface area contributed by atoms with Crippen LogP contribution in [0.3, 0.4) is 0 Å². The second-order valence-corrected chi connectivity index (χ2v) is 7.48. The third-order valence-corrected chi connectivity index (χ3v) is 5.28. The van der Waals surface area contributed by atoms with E-state index in [-0.39, 0.29) is 18.0 Å². The number of halogens is 1. The number of benzene rings is 1. The van der Waals surface area contributed by atoms with E-state index >= 15 is 0 Å². The SMILES string of the molecule is CCNC(=NCCCN1C(=O)NC(C)(CC)C1=O)NC(C)c1ccccc1Cl. The number of carbonyl (C=O) groups excluding carboxylic acids is 2. The van der Waals surface area contributed by atoms with Crippen LogP contribution in [0.15, 0.2) is 29.3 Å². The van der Waals surface area contributed by atoms with Crippen LogP contribution in [0.2, 0.25) is 5.02 Å². The first-order chi connectivity index (χ1) is 13.3. The van der Waals surface area contributed by atoms with Crippen LogP contribution >= 0.6 is 11.6 Å². The van der Waals surface area contributed by atoms with Gasteiger partial charge < -0.3 is 16.0 Å². The molecule has 0 bridgehead atoms. The van der Waals surface area contributed by atoms with Crippen molar-refractivity contribution in [1.29, 1.82) is 0 Å². The molecule has 8 heteroatoms. The highest BCUT2D eigenvalue weighted by molar-refractivity contribution is 6.31. The summed E-state index contributed by atoms with van der Waals surface area (Å²) in [6.45, 7) is 9.23. The van der Waals surface area contributed by atoms with Crippen molar-refractivity contribution < 1.29 is 9.59 Å². The lowest BCUT2D eigenvalue weighted by Gasteiger charge is -2.20. The Morgan fingerprint density at radius 2 is 2.04 bits per heavy atom. The van der Waals surface area contributed by atoms with E-state index in [0.29, 0.717) is 36.9 Å². The lowest BCUT2D eigenvalue weighted by atomic mass is 9.99. The fourth-order valence-corrected chi connectivity index (χ4v) is 3.34. The summed E-state index contributed by atoms with van der Waals surface area (Å²) in [5.74, 6) is 0.506. The molecule has 2 unspecified atom stereocenters. The van der Waals surface area contributed by atoms with Crippen LogP contribution in [0.5, 0.6) is 0 Å². The zero-order chi connectivity index (χ0) is 20.7. The molecule has 1 aromatic carbocycles. The van der Waals surface area contributed by atoms with Crippen molar-refractivity contribution in [3.8, 4) is 0 Å². The fraction of sp³-hybridized carbons (Fsp3) is 0.550. The van der Waals surface area contributed by atoms with E-state index in [4.69, 9.17) is 11.6 Å². The van der Waals surface area contributed by atoms with Crippen molar-refractivity contribution in [2.24, 2.45) is 4.99 Å². The molecule has 154 valence electrons. The Hall–Kier alpha value is -2.28. The molecule has 0 aromatic heterocycles. The second-order valence-electron chi connectivity index (χ2n) is 7.07. The highest BCUT2D eigenvalue weighted by atomic mass is 35.5. The number of hydrogen-bond donors (Lipinski definition) is 3. The maximum atomic E-state index is 12.4. The molecule has 0 spiro atoms. The van der Waals surface area contributed by atoms with Gasteiger partial charge in [-0.15, -0.1) is 0 Å². The lowest BCUT2D eigenvalue weighted by Crippen LogP contribution is -2.43. The van der Waals surface area contributed by atoms with Crippen LogP contribution in [0.1, 0.15) is 52.1 Å². The first-order valence-corrected chi connectivity index (χ1v) is 10.1. The summed E-state index contributed by atoms with van der Waals surface area (Å²) in [4.78, 5) is 30.3. The molecule has 3 N–H and O–H groups in total. The molecular formula is C20H30ClN5O2. The van der Waals surface area contributed by atoms with Gasteiger partial charge in [-0.3, -0.25) is 14.7 Å². The summed E-state index contributed by atoms with van der Waals surface area (Å²) < 4.78 is 0. The van der Waals surface area contributed by atoms with Crippen molar-refractivity contribution >= 4 is 29.5 Å². The molecule has 0 saturated carbocycles. The molecule has 28 heavy (non-hydrogen) atoms. The van der Waals surface area contributed by atoms with Crippen molar-refractivity contribution in [1.82, 2.24) is 20.9 Å². The molecule has 1 heterocycles. The average Bonchev–Trinajstić information content (AvgIpc) is 2.88. The maximum Gasteiger partial charge on any atom is 0.325 e. The molecule has 7 nitrogen and oxygen atoms in total. The zero-order valence-electron chi connectivity index (χ0n) is 17.0. The van der Waals surface area contributed by atoms with Gasteiger partial charge in [0.15, 0.2) is 5.96 Å². The van der Waals surface area contributed by atoms with Gasteiger partial charge in [-0.1, -0.05) is 36.7 Å². The summed E-state index contributed by atoms with van der Waals surface area (Å²) in [6.07, 6.45) is 1.16. The number of guanidine groups is 1. The van der Waals surface area contributed by atoms with Gasteiger partial charge >= 0.3 is 6.03 Å². The minimum atomic E-state index is -0.790. The van der Waals surface area contributed by atoms with Crippen LogP contribution in [0.25, 0.3) is 0 Å². The number of hydrogen-bond acceptors (Lipinski definition) is 3. The van der Waals surface area contributed by atoms with Crippen molar-refractivity contribution in [2.75, 3.05) is 19.6 Å². The van der Waals surface area contributed by atoms with Crippen LogP contribution in [0.4, 0.5) is 4.79 Å². The Morgan fingerprint density at radius 1 is 1.32 bits per heavy atom. The van der Waals surface area contributed by atoms with E-state index in [0.717, 1.165) is 12.1 Å². The van der Waals surface area contributed by atoms with Gasteiger partial charge in [-0.05, 0) is 45.2 Å². The highest BCUT2D eigenvalue weighted by Gasteiger charge is 2.45. The summed E-state index contributed by atoms with van der Waals surface area (Å²) >= 11 is 6.27. The Bertz CT molecular complexity index is 739. The van der Waals surface area contributed by atoms with Gasteiger partial charge in [-0.2, -0.15) is 0 Å². The van der Waals surface area contributed by atoms with E-state index in [9.17, 15) is 9.59 Å². The first kappa shape index (κ1) is 22.0. The Morgan fingerprint density at radius 3 is 2.64 bits per heavy atom. The molecule has 0 radical (unpaired) electrons. The maximum absolute atomic E-state index is 12.4. The number of amides is 3. The minimum absolute atomic E-state index is 0.0114. The minimum Gasteiger partial charge on any atom is -0.357 e. The van der Waals surface area contributed by atoms with Crippen molar-refractivity contribution in [3.63, 3.8) is 0 Å². The number of nitrogens with zero attached hydrogens (tertiary/aromatic N) is 2. The van der Waals surface area contributed by atoms with Crippen molar-refractivity contribution in [2.45, 2.75) is 52.1 Å². The second kappa shape index (κ2) is 9.78. The number of nitrogens with one attached hydrogen (secondary N) is 3. The van der Waals surface area contributed by atoms with Crippen LogP contribution < -0.4 is 16.0 Å². The normalized spacial score (nSPS) is 20.9. The van der Waals surface area contributed by atoms with E-state index < -0.39 is 5.54 Å². The first-order valence-electron chi connectivity index (χ1n) is 9.75. The number of aliphatic imine (C=N–C) groups is 1. The van der Waals surface area contributed by atoms with E-state index in [2.05, 4.69) is 20.9 Å². The molecule has 3 amide bonds. The summed E-state index contributed by atoms with van der Waals surface area (Å²) in [5, 5.41) is 10.0. The van der Waals surface area contributed by atoms with E-state index in [1.807, 2.05) is 45.0 Å². The molecule has 2 rings (SSSR count). The molecular weight excluding hydrogens is 378 g/mol. The number of imide groups is 1. The Balaban J connectivity index is 1.92. The number of carbonyl (C=O) groups is 2. The van der Waals surface area contributed by atoms with Gasteiger partial charge in [-0.25, -0.2) is 4.79 Å². The molecule has 1 aliphatic rings. The van der Waals surface area contributed by atoms with E-state index in [1.165, 1.54) is 4.90 Å². The molecule has 1 aromatic rings. The Kier molecular flexibility index (Phi) is 7.69. The summed E-state index contributed by atoms with van der Waals surface area (Å²) in [6, 6.07) is 7.36. The summed E-state index contributed by atoms with van der Waals surface area (Å²) in [7, 11) is 0. The van der Waals surface area contributed by atoms with Crippen LogP contribution in [-0.4, -0.2) is 48.0 Å². The zero-order valence-corrected chi connectivity index (χ0v) is 17.8. The molecule has 1 fully saturated rings. The molecule has 1 aliphatic heterocycles. The monoisotopic (exact) mass is 407 g/mol. The standard InChI is InChI=1S/C20H30ClN5O2/c1-5-20(4)17(27)26(19(28)25-20)13-9-12-23-18(22-6-2)24-14(3)15-10-7-8-11-16(15)21/h7-8,10-11,14H,5-6,9,12-13H2,1-4H3,(H,25,28)(H2,22,23,24). The number of rotatable bonds is 8. The summed E-state index contributed by atoms with van der Waals surface area (Å²) in [5.41, 5.74) is 0.203. The third-order valence-electron chi connectivity index (χ3n) is 4.93. The molecule has 2 atom stereocenters. The van der Waals surface area contributed by atoms with Gasteiger partial charge in [0, 0.05) is 24.7 Å². The number of urea groups is 1. The van der Waals surface area contributed by atoms with Gasteiger partial charge in [0.2, 0.25) is 0 Å². The van der Waals surface area contributed by atoms with Crippen molar-refractivity contribution in [3.05, 3.63) is 34.9 Å². The lowest BCUT2D eigenvalue weighted by molar-refractivity contribution is -0.130. The van der Waals surface area contributed by atoms with Gasteiger partial charge in [0.1, 0.15) is 5.54 Å². The largest absolute Gasteiger partial charge is 0.357 e.